The third-order valence-electron chi connectivity index (χ3n) is 2.69. The van der Waals surface area contributed by atoms with Crippen LogP contribution in [-0.4, -0.2) is 28.7 Å². The summed E-state index contributed by atoms with van der Waals surface area (Å²) in [5, 5.41) is 10.7. The number of nitrogen functional groups attached to an aromatic ring is 1. The lowest BCUT2D eigenvalue weighted by atomic mass is 9.97. The zero-order chi connectivity index (χ0) is 10.1. The zero-order valence-electron chi connectivity index (χ0n) is 8.18. The van der Waals surface area contributed by atoms with Crippen molar-refractivity contribution in [3.63, 3.8) is 0 Å². The zero-order valence-corrected chi connectivity index (χ0v) is 9.00. The minimum atomic E-state index is -0.156. The van der Waals surface area contributed by atoms with Gasteiger partial charge in [-0.1, -0.05) is 6.92 Å². The fourth-order valence-corrected chi connectivity index (χ4v) is 2.47. The Hall–Kier alpha value is -0.810. The predicted octanol–water partition coefficient (Wildman–Crippen LogP) is 0.932. The summed E-state index contributed by atoms with van der Waals surface area (Å²) in [7, 11) is 0. The lowest BCUT2D eigenvalue weighted by Gasteiger charge is -2.34. The second kappa shape index (κ2) is 3.74. The molecule has 1 fully saturated rings. The smallest absolute Gasteiger partial charge is 0.139 e. The van der Waals surface area contributed by atoms with Gasteiger partial charge in [0.05, 0.1) is 6.10 Å². The molecule has 2 rings (SSSR count). The Morgan fingerprint density at radius 3 is 3.07 bits per heavy atom. The second-order valence-electron chi connectivity index (χ2n) is 3.87. The van der Waals surface area contributed by atoms with E-state index < -0.39 is 0 Å². The number of anilines is 2. The Bertz CT molecular complexity index is 315. The van der Waals surface area contributed by atoms with Crippen molar-refractivity contribution in [2.24, 2.45) is 5.92 Å². The van der Waals surface area contributed by atoms with Crippen LogP contribution in [0.5, 0.6) is 0 Å². The van der Waals surface area contributed by atoms with Crippen molar-refractivity contribution < 1.29 is 5.11 Å². The lowest BCUT2D eigenvalue weighted by Crippen LogP contribution is -2.41. The molecule has 78 valence electrons. The van der Waals surface area contributed by atoms with Crippen molar-refractivity contribution in [3.05, 3.63) is 6.07 Å². The topological polar surface area (TPSA) is 62.4 Å². The molecule has 0 amide bonds. The molecule has 1 aliphatic heterocycles. The van der Waals surface area contributed by atoms with Gasteiger partial charge in [-0.15, -0.1) is 0 Å². The quantitative estimate of drug-likeness (QED) is 0.728. The first kappa shape index (κ1) is 9.73. The van der Waals surface area contributed by atoms with Crippen LogP contribution >= 0.6 is 11.5 Å². The van der Waals surface area contributed by atoms with Crippen LogP contribution in [-0.2, 0) is 0 Å². The minimum Gasteiger partial charge on any atom is -0.393 e. The van der Waals surface area contributed by atoms with Crippen molar-refractivity contribution in [2.45, 2.75) is 19.4 Å². The van der Waals surface area contributed by atoms with Gasteiger partial charge in [-0.05, 0) is 23.9 Å². The highest BCUT2D eigenvalue weighted by Gasteiger charge is 2.25. The van der Waals surface area contributed by atoms with Crippen molar-refractivity contribution in [1.82, 2.24) is 4.37 Å². The van der Waals surface area contributed by atoms with Gasteiger partial charge in [0, 0.05) is 19.2 Å². The standard InChI is InChI=1S/C9H15N3OS/c1-6-5-12(3-2-7(6)13)9-4-8(10)11-14-9/h4,6-7,13H,2-3,5H2,1H3,(H2,10,11). The number of nitrogens with zero attached hydrogens (tertiary/aromatic N) is 2. The largest absolute Gasteiger partial charge is 0.393 e. The third kappa shape index (κ3) is 1.83. The molecule has 0 bridgehead atoms. The number of aromatic nitrogens is 1. The predicted molar refractivity (Wildman–Crippen MR) is 58.5 cm³/mol. The molecule has 1 saturated heterocycles. The maximum atomic E-state index is 9.58. The van der Waals surface area contributed by atoms with Gasteiger partial charge < -0.3 is 15.7 Å². The van der Waals surface area contributed by atoms with Gasteiger partial charge in [-0.3, -0.25) is 0 Å². The Morgan fingerprint density at radius 2 is 2.50 bits per heavy atom. The van der Waals surface area contributed by atoms with E-state index in [1.807, 2.05) is 6.07 Å². The van der Waals surface area contributed by atoms with E-state index >= 15 is 0 Å². The molecule has 4 nitrogen and oxygen atoms in total. The first-order valence-corrected chi connectivity index (χ1v) is 5.59. The molecule has 3 N–H and O–H groups in total. The van der Waals surface area contributed by atoms with E-state index in [9.17, 15) is 5.11 Å². The summed E-state index contributed by atoms with van der Waals surface area (Å²) >= 11 is 1.43. The van der Waals surface area contributed by atoms with Crippen LogP contribution in [0.3, 0.4) is 0 Å². The van der Waals surface area contributed by atoms with E-state index in [4.69, 9.17) is 5.73 Å². The fraction of sp³-hybridized carbons (Fsp3) is 0.667. The van der Waals surface area contributed by atoms with Crippen molar-refractivity contribution in [1.29, 1.82) is 0 Å². The Kier molecular flexibility index (Phi) is 2.60. The lowest BCUT2D eigenvalue weighted by molar-refractivity contribution is 0.0973. The Labute approximate surface area is 87.5 Å². The van der Waals surface area contributed by atoms with Gasteiger partial charge in [0.15, 0.2) is 0 Å². The summed E-state index contributed by atoms with van der Waals surface area (Å²) in [6.07, 6.45) is 0.676. The van der Waals surface area contributed by atoms with Crippen molar-refractivity contribution >= 4 is 22.4 Å². The molecule has 1 aliphatic rings. The van der Waals surface area contributed by atoms with E-state index in [0.717, 1.165) is 24.5 Å². The van der Waals surface area contributed by atoms with Gasteiger partial charge in [0.25, 0.3) is 0 Å². The van der Waals surface area contributed by atoms with Crippen LogP contribution in [0.4, 0.5) is 10.8 Å². The van der Waals surface area contributed by atoms with E-state index in [1.165, 1.54) is 11.5 Å². The Balaban J connectivity index is 2.06. The molecule has 2 unspecified atom stereocenters. The first-order valence-electron chi connectivity index (χ1n) is 4.82. The summed E-state index contributed by atoms with van der Waals surface area (Å²) in [4.78, 5) is 2.24. The SMILES string of the molecule is CC1CN(c2cc(N)ns2)CCC1O. The monoisotopic (exact) mass is 213 g/mol. The number of nitrogens with two attached hydrogens (primary N) is 1. The fourth-order valence-electron chi connectivity index (χ4n) is 1.76. The van der Waals surface area contributed by atoms with Gasteiger partial charge in [0.2, 0.25) is 0 Å². The highest BCUT2D eigenvalue weighted by Crippen LogP contribution is 2.27. The van der Waals surface area contributed by atoms with E-state index in [2.05, 4.69) is 16.2 Å². The maximum Gasteiger partial charge on any atom is 0.139 e. The van der Waals surface area contributed by atoms with Gasteiger partial charge in [-0.2, -0.15) is 4.37 Å². The van der Waals surface area contributed by atoms with Crippen LogP contribution in [0.15, 0.2) is 6.07 Å². The van der Waals surface area contributed by atoms with E-state index in [0.29, 0.717) is 11.7 Å². The van der Waals surface area contributed by atoms with Crippen LogP contribution < -0.4 is 10.6 Å². The van der Waals surface area contributed by atoms with Crippen LogP contribution in [0.1, 0.15) is 13.3 Å². The molecule has 14 heavy (non-hydrogen) atoms. The molecular formula is C9H15N3OS. The number of hydrogen-bond donors (Lipinski definition) is 2. The van der Waals surface area contributed by atoms with E-state index in [-0.39, 0.29) is 6.10 Å². The van der Waals surface area contributed by atoms with E-state index in [1.54, 1.807) is 0 Å². The van der Waals surface area contributed by atoms with Gasteiger partial charge in [-0.25, -0.2) is 0 Å². The molecule has 2 atom stereocenters. The van der Waals surface area contributed by atoms with Crippen molar-refractivity contribution in [3.8, 4) is 0 Å². The maximum absolute atomic E-state index is 9.58. The molecule has 0 spiro atoms. The minimum absolute atomic E-state index is 0.156. The molecule has 2 heterocycles. The third-order valence-corrected chi connectivity index (χ3v) is 3.55. The first-order chi connectivity index (χ1) is 6.66. The number of rotatable bonds is 1. The highest BCUT2D eigenvalue weighted by atomic mass is 32.1. The molecule has 1 aromatic heterocycles. The summed E-state index contributed by atoms with van der Waals surface area (Å²) in [5.41, 5.74) is 5.57. The molecule has 1 aromatic rings. The molecule has 0 saturated carbocycles. The van der Waals surface area contributed by atoms with Gasteiger partial charge >= 0.3 is 0 Å². The number of hydrogen-bond acceptors (Lipinski definition) is 5. The molecule has 0 aromatic carbocycles. The average Bonchev–Trinajstić information content (AvgIpc) is 2.57. The number of aliphatic hydroxyl groups is 1. The summed E-state index contributed by atoms with van der Waals surface area (Å²) < 4.78 is 4.05. The van der Waals surface area contributed by atoms with Crippen LogP contribution in [0.25, 0.3) is 0 Å². The number of piperidine rings is 1. The van der Waals surface area contributed by atoms with Crippen molar-refractivity contribution in [2.75, 3.05) is 23.7 Å². The molecular weight excluding hydrogens is 198 g/mol. The number of aliphatic hydroxyl groups excluding tert-OH is 1. The molecule has 0 radical (unpaired) electrons. The van der Waals surface area contributed by atoms with Crippen LogP contribution in [0.2, 0.25) is 0 Å². The summed E-state index contributed by atoms with van der Waals surface area (Å²) in [5.74, 6) is 0.913. The van der Waals surface area contributed by atoms with Gasteiger partial charge in [0.1, 0.15) is 10.8 Å². The molecule has 0 aliphatic carbocycles. The normalized spacial score (nSPS) is 28.0. The summed E-state index contributed by atoms with van der Waals surface area (Å²) in [6.45, 7) is 3.86. The Morgan fingerprint density at radius 1 is 1.71 bits per heavy atom. The van der Waals surface area contributed by atoms with Crippen LogP contribution in [0, 0.1) is 5.92 Å². The summed E-state index contributed by atoms with van der Waals surface area (Å²) in [6, 6.07) is 1.90. The molecule has 5 heteroatoms. The second-order valence-corrected chi connectivity index (χ2v) is 4.65. The average molecular weight is 213 g/mol. The highest BCUT2D eigenvalue weighted by molar-refractivity contribution is 7.10.